The van der Waals surface area contributed by atoms with Crippen LogP contribution in [0.4, 0.5) is 0 Å². The first-order chi connectivity index (χ1) is 13.7. The van der Waals surface area contributed by atoms with Crippen molar-refractivity contribution in [2.24, 2.45) is 0 Å². The van der Waals surface area contributed by atoms with Crippen molar-refractivity contribution >= 4 is 27.3 Å². The number of carbonyl (C=O) groups excluding carboxylic acids is 1. The number of nitrogens with zero attached hydrogens (tertiary/aromatic N) is 1. The lowest BCUT2D eigenvalue weighted by Gasteiger charge is -2.32. The van der Waals surface area contributed by atoms with Crippen LogP contribution in [0.2, 0.25) is 0 Å². The zero-order chi connectivity index (χ0) is 21.1. The highest BCUT2D eigenvalue weighted by atomic mass is 32.2. The predicted octanol–water partition coefficient (Wildman–Crippen LogP) is 3.39. The zero-order valence-corrected chi connectivity index (χ0v) is 18.7. The number of hydrogen-bond donors (Lipinski definition) is 1. The van der Waals surface area contributed by atoms with Crippen LogP contribution in [-0.4, -0.2) is 45.0 Å². The maximum absolute atomic E-state index is 12.6. The van der Waals surface area contributed by atoms with Gasteiger partial charge in [-0.2, -0.15) is 0 Å². The van der Waals surface area contributed by atoms with Crippen molar-refractivity contribution in [3.8, 4) is 5.75 Å². The van der Waals surface area contributed by atoms with Crippen molar-refractivity contribution in [2.75, 3.05) is 19.7 Å². The number of ether oxygens (including phenoxy) is 1. The average molecular weight is 437 g/mol. The van der Waals surface area contributed by atoms with Gasteiger partial charge >= 0.3 is 0 Å². The molecular weight excluding hydrogens is 408 g/mol. The Morgan fingerprint density at radius 1 is 1.17 bits per heavy atom. The molecule has 0 atom stereocenters. The lowest BCUT2D eigenvalue weighted by Crippen LogP contribution is -2.47. The molecule has 0 aliphatic carbocycles. The molecule has 1 aromatic heterocycles. The fourth-order valence-corrected chi connectivity index (χ4v) is 5.70. The van der Waals surface area contributed by atoms with Gasteiger partial charge in [0.15, 0.2) is 6.61 Å². The fraction of sp³-hybridized carbons (Fsp3) is 0.476. The monoisotopic (exact) mass is 436 g/mol. The number of rotatable bonds is 6. The summed E-state index contributed by atoms with van der Waals surface area (Å²) in [5.74, 6) is 0.653. The molecule has 1 saturated heterocycles. The van der Waals surface area contributed by atoms with Gasteiger partial charge in [-0.1, -0.05) is 45.0 Å². The van der Waals surface area contributed by atoms with Crippen LogP contribution in [0.1, 0.15) is 39.2 Å². The van der Waals surface area contributed by atoms with Crippen molar-refractivity contribution in [1.82, 2.24) is 9.62 Å². The average Bonchev–Trinajstić information content (AvgIpc) is 3.22. The van der Waals surface area contributed by atoms with Gasteiger partial charge in [-0.25, -0.2) is 13.1 Å². The van der Waals surface area contributed by atoms with E-state index in [1.807, 2.05) is 24.3 Å². The number of thiophene rings is 1. The van der Waals surface area contributed by atoms with Gasteiger partial charge < -0.3 is 9.64 Å². The number of sulfonamides is 1. The Kier molecular flexibility index (Phi) is 6.65. The molecule has 1 fully saturated rings. The maximum atomic E-state index is 12.6. The van der Waals surface area contributed by atoms with Crippen molar-refractivity contribution in [3.63, 3.8) is 0 Å². The summed E-state index contributed by atoms with van der Waals surface area (Å²) >= 11 is 1.20. The summed E-state index contributed by atoms with van der Waals surface area (Å²) in [6, 6.07) is 10.9. The first kappa shape index (κ1) is 21.8. The van der Waals surface area contributed by atoms with Crippen LogP contribution in [0, 0.1) is 0 Å². The van der Waals surface area contributed by atoms with E-state index in [1.54, 1.807) is 22.4 Å². The number of benzene rings is 1. The molecule has 6 nitrogen and oxygen atoms in total. The maximum Gasteiger partial charge on any atom is 0.260 e. The summed E-state index contributed by atoms with van der Waals surface area (Å²) < 4.78 is 33.6. The van der Waals surface area contributed by atoms with Gasteiger partial charge in [-0.3, -0.25) is 4.79 Å². The Balaban J connectivity index is 1.51. The largest absolute Gasteiger partial charge is 0.483 e. The fourth-order valence-electron chi connectivity index (χ4n) is 3.38. The molecule has 1 N–H and O–H groups in total. The van der Waals surface area contributed by atoms with E-state index in [4.69, 9.17) is 4.74 Å². The molecule has 1 aliphatic rings. The number of hydrogen-bond acceptors (Lipinski definition) is 5. The molecule has 0 saturated carbocycles. The normalized spacial score (nSPS) is 16.0. The number of nitrogens with one attached hydrogen (secondary N) is 1. The second kappa shape index (κ2) is 8.85. The van der Waals surface area contributed by atoms with Gasteiger partial charge in [0, 0.05) is 19.1 Å². The third kappa shape index (κ3) is 5.58. The Morgan fingerprint density at radius 3 is 2.48 bits per heavy atom. The first-order valence-corrected chi connectivity index (χ1v) is 12.1. The zero-order valence-electron chi connectivity index (χ0n) is 17.1. The van der Waals surface area contributed by atoms with Crippen molar-refractivity contribution in [3.05, 3.63) is 47.3 Å². The minimum Gasteiger partial charge on any atom is -0.483 e. The molecule has 2 aromatic rings. The van der Waals surface area contributed by atoms with E-state index in [0.717, 1.165) is 11.3 Å². The minimum absolute atomic E-state index is 0.0152. The molecule has 29 heavy (non-hydrogen) atoms. The van der Waals surface area contributed by atoms with E-state index in [9.17, 15) is 13.2 Å². The number of likely N-dealkylation sites (tertiary alicyclic amines) is 1. The summed E-state index contributed by atoms with van der Waals surface area (Å²) in [6.07, 6.45) is 1.18. The molecule has 0 unspecified atom stereocenters. The van der Waals surface area contributed by atoms with E-state index in [0.29, 0.717) is 30.1 Å². The van der Waals surface area contributed by atoms with E-state index in [2.05, 4.69) is 25.5 Å². The summed E-state index contributed by atoms with van der Waals surface area (Å²) in [6.45, 7) is 7.34. The van der Waals surface area contributed by atoms with Crippen LogP contribution in [-0.2, 0) is 20.2 Å². The molecule has 1 aliphatic heterocycles. The molecule has 2 heterocycles. The van der Waals surface area contributed by atoms with E-state index in [-0.39, 0.29) is 24.0 Å². The minimum atomic E-state index is -3.48. The Hall–Kier alpha value is -1.90. The van der Waals surface area contributed by atoms with Crippen LogP contribution in [0.25, 0.3) is 0 Å². The van der Waals surface area contributed by atoms with Crippen LogP contribution in [0.3, 0.4) is 0 Å². The van der Waals surface area contributed by atoms with Crippen LogP contribution < -0.4 is 9.46 Å². The standard InChI is InChI=1S/C21H28N2O4S2/c1-21(2,3)17-7-4-5-8-18(17)27-15-19(24)23-12-10-16(11-13-23)22-29(25,26)20-9-6-14-28-20/h4-9,14,16,22H,10-13,15H2,1-3H3. The molecule has 0 bridgehead atoms. The molecule has 3 rings (SSSR count). The number of para-hydroxylation sites is 1. The van der Waals surface area contributed by atoms with Gasteiger partial charge in [0.25, 0.3) is 5.91 Å². The molecular formula is C21H28N2O4S2. The molecule has 8 heteroatoms. The molecule has 0 spiro atoms. The Labute approximate surface area is 176 Å². The highest BCUT2D eigenvalue weighted by molar-refractivity contribution is 7.91. The summed E-state index contributed by atoms with van der Waals surface area (Å²) in [7, 11) is -3.48. The molecule has 1 amide bonds. The quantitative estimate of drug-likeness (QED) is 0.753. The second-order valence-electron chi connectivity index (χ2n) is 8.24. The van der Waals surface area contributed by atoms with Gasteiger partial charge in [-0.15, -0.1) is 11.3 Å². The molecule has 1 aromatic carbocycles. The lowest BCUT2D eigenvalue weighted by molar-refractivity contribution is -0.134. The third-order valence-corrected chi connectivity index (χ3v) is 7.89. The summed E-state index contributed by atoms with van der Waals surface area (Å²) in [4.78, 5) is 14.3. The molecule has 0 radical (unpaired) electrons. The van der Waals surface area contributed by atoms with E-state index in [1.165, 1.54) is 11.3 Å². The van der Waals surface area contributed by atoms with Gasteiger partial charge in [-0.05, 0) is 41.3 Å². The van der Waals surface area contributed by atoms with Crippen molar-refractivity contribution < 1.29 is 17.9 Å². The van der Waals surface area contributed by atoms with Gasteiger partial charge in [0.2, 0.25) is 10.0 Å². The van der Waals surface area contributed by atoms with Crippen molar-refractivity contribution in [1.29, 1.82) is 0 Å². The highest BCUT2D eigenvalue weighted by Crippen LogP contribution is 2.31. The lowest BCUT2D eigenvalue weighted by atomic mass is 9.86. The van der Waals surface area contributed by atoms with Crippen LogP contribution in [0.5, 0.6) is 5.75 Å². The number of amides is 1. The predicted molar refractivity (Wildman–Crippen MR) is 115 cm³/mol. The van der Waals surface area contributed by atoms with Crippen molar-refractivity contribution in [2.45, 2.75) is 49.3 Å². The summed E-state index contributed by atoms with van der Waals surface area (Å²) in [5, 5.41) is 1.74. The van der Waals surface area contributed by atoms with Crippen LogP contribution >= 0.6 is 11.3 Å². The number of piperidine rings is 1. The SMILES string of the molecule is CC(C)(C)c1ccccc1OCC(=O)N1CCC(NS(=O)(=O)c2cccs2)CC1. The third-order valence-electron chi connectivity index (χ3n) is 4.98. The van der Waals surface area contributed by atoms with Gasteiger partial charge in [0.05, 0.1) is 0 Å². The first-order valence-electron chi connectivity index (χ1n) is 9.73. The second-order valence-corrected chi connectivity index (χ2v) is 11.1. The topological polar surface area (TPSA) is 75.7 Å². The smallest absolute Gasteiger partial charge is 0.260 e. The molecule has 158 valence electrons. The van der Waals surface area contributed by atoms with Gasteiger partial charge in [0.1, 0.15) is 9.96 Å². The Morgan fingerprint density at radius 2 is 1.86 bits per heavy atom. The highest BCUT2D eigenvalue weighted by Gasteiger charge is 2.27. The number of carbonyl (C=O) groups is 1. The van der Waals surface area contributed by atoms with E-state index >= 15 is 0 Å². The Bertz CT molecular complexity index is 926. The van der Waals surface area contributed by atoms with E-state index < -0.39 is 10.0 Å². The van der Waals surface area contributed by atoms with Crippen LogP contribution in [0.15, 0.2) is 46.0 Å². The summed E-state index contributed by atoms with van der Waals surface area (Å²) in [5.41, 5.74) is 0.993.